The van der Waals surface area contributed by atoms with Crippen molar-refractivity contribution in [2.45, 2.75) is 39.2 Å². The largest absolute Gasteiger partial charge is 0.225 e. The Morgan fingerprint density at radius 2 is 1.80 bits per heavy atom. The van der Waals surface area contributed by atoms with Crippen LogP contribution >= 0.6 is 11.8 Å². The molecule has 1 nitrogen and oxygen atoms in total. The SMILES string of the molecule is CCCCCC[N+](Cl)Cc1ccccc1. The van der Waals surface area contributed by atoms with Crippen molar-refractivity contribution in [2.24, 2.45) is 0 Å². The zero-order chi connectivity index (χ0) is 10.9. The highest BCUT2D eigenvalue weighted by Crippen LogP contribution is 2.06. The molecule has 0 spiro atoms. The van der Waals surface area contributed by atoms with E-state index in [1.54, 1.807) is 0 Å². The normalized spacial score (nSPS) is 10.9. The number of nitrogens with zero attached hydrogens (tertiary/aromatic N) is 1. The quantitative estimate of drug-likeness (QED) is 0.488. The van der Waals surface area contributed by atoms with Crippen LogP contribution in [0.4, 0.5) is 0 Å². The lowest BCUT2D eigenvalue weighted by molar-refractivity contribution is 0.540. The van der Waals surface area contributed by atoms with Crippen molar-refractivity contribution in [3.05, 3.63) is 35.9 Å². The maximum absolute atomic E-state index is 6.13. The summed E-state index contributed by atoms with van der Waals surface area (Å²) in [7, 11) is 0. The monoisotopic (exact) mass is 225 g/mol. The van der Waals surface area contributed by atoms with Gasteiger partial charge < -0.3 is 0 Å². The van der Waals surface area contributed by atoms with Gasteiger partial charge in [0, 0.05) is 12.0 Å². The molecular weight excluding hydrogens is 206 g/mol. The van der Waals surface area contributed by atoms with Gasteiger partial charge in [0.15, 0.2) is 6.54 Å². The Balaban J connectivity index is 2.16. The van der Waals surface area contributed by atoms with Gasteiger partial charge >= 0.3 is 0 Å². The summed E-state index contributed by atoms with van der Waals surface area (Å²) in [5.41, 5.74) is 1.28. The Hall–Kier alpha value is -0.530. The van der Waals surface area contributed by atoms with Crippen molar-refractivity contribution in [3.8, 4) is 0 Å². The minimum Gasteiger partial charge on any atom is -0.0654 e. The topological polar surface area (TPSA) is 5.90 Å². The number of unbranched alkanes of at least 4 members (excludes halogenated alkanes) is 3. The predicted molar refractivity (Wildman–Crippen MR) is 67.1 cm³/mol. The minimum atomic E-state index is 0.842. The summed E-state index contributed by atoms with van der Waals surface area (Å²) in [5.74, 6) is 0. The van der Waals surface area contributed by atoms with Gasteiger partial charge in [-0.3, -0.25) is 0 Å². The third-order valence-corrected chi connectivity index (χ3v) is 2.74. The lowest BCUT2D eigenvalue weighted by Gasteiger charge is -2.02. The summed E-state index contributed by atoms with van der Waals surface area (Å²) in [4.78, 5) is 0. The molecule has 0 bridgehead atoms. The van der Waals surface area contributed by atoms with Gasteiger partial charge in [-0.2, -0.15) is 0 Å². The van der Waals surface area contributed by atoms with Crippen LogP contribution in [-0.2, 0) is 6.54 Å². The summed E-state index contributed by atoms with van der Waals surface area (Å²) >= 11 is 6.13. The molecule has 15 heavy (non-hydrogen) atoms. The summed E-state index contributed by atoms with van der Waals surface area (Å²) in [6.45, 7) is 4.05. The van der Waals surface area contributed by atoms with E-state index in [-0.39, 0.29) is 0 Å². The van der Waals surface area contributed by atoms with Crippen molar-refractivity contribution >= 4 is 11.8 Å². The Labute approximate surface area is 98.2 Å². The molecule has 0 aliphatic heterocycles. The Morgan fingerprint density at radius 3 is 2.47 bits per heavy atom. The van der Waals surface area contributed by atoms with Gasteiger partial charge in [-0.1, -0.05) is 54.5 Å². The molecule has 0 atom stereocenters. The van der Waals surface area contributed by atoms with E-state index in [2.05, 4.69) is 31.2 Å². The number of benzene rings is 1. The van der Waals surface area contributed by atoms with E-state index in [9.17, 15) is 0 Å². The maximum Gasteiger partial charge on any atom is 0.225 e. The molecule has 1 aromatic carbocycles. The standard InChI is InChI=1S/C13H20ClN/c1-2-3-4-8-11-15(14)12-13-9-6-5-7-10-13/h5-7,9-10H,2-4,8,11-12H2,1H3/q+1. The molecule has 1 aromatic rings. The van der Waals surface area contributed by atoms with Crippen molar-refractivity contribution in [1.82, 2.24) is 4.42 Å². The first-order chi connectivity index (χ1) is 7.33. The highest BCUT2D eigenvalue weighted by Gasteiger charge is 2.11. The van der Waals surface area contributed by atoms with Gasteiger partial charge in [-0.25, -0.2) is 0 Å². The van der Waals surface area contributed by atoms with Crippen molar-refractivity contribution in [3.63, 3.8) is 0 Å². The van der Waals surface area contributed by atoms with E-state index in [1.165, 1.54) is 31.2 Å². The Kier molecular flexibility index (Phi) is 6.45. The average Bonchev–Trinajstić information content (AvgIpc) is 2.26. The maximum atomic E-state index is 6.13. The lowest BCUT2D eigenvalue weighted by Crippen LogP contribution is -2.19. The van der Waals surface area contributed by atoms with Crippen LogP contribution in [0.25, 0.3) is 0 Å². The molecule has 1 rings (SSSR count). The molecule has 0 amide bonds. The smallest absolute Gasteiger partial charge is 0.0654 e. The van der Waals surface area contributed by atoms with Gasteiger partial charge in [-0.05, 0) is 6.42 Å². The van der Waals surface area contributed by atoms with Gasteiger partial charge in [0.1, 0.15) is 6.54 Å². The zero-order valence-electron chi connectivity index (χ0n) is 9.45. The van der Waals surface area contributed by atoms with Crippen LogP contribution < -0.4 is 4.42 Å². The fourth-order valence-electron chi connectivity index (χ4n) is 1.57. The fourth-order valence-corrected chi connectivity index (χ4v) is 1.83. The third kappa shape index (κ3) is 5.81. The van der Waals surface area contributed by atoms with Crippen LogP contribution in [0.15, 0.2) is 30.3 Å². The van der Waals surface area contributed by atoms with Crippen molar-refractivity contribution < 1.29 is 0 Å². The van der Waals surface area contributed by atoms with Crippen LogP contribution in [0.5, 0.6) is 0 Å². The first-order valence-corrected chi connectivity index (χ1v) is 6.11. The first kappa shape index (κ1) is 12.5. The molecule has 0 N–H and O–H groups in total. The second-order valence-electron chi connectivity index (χ2n) is 3.89. The molecule has 0 aliphatic carbocycles. The van der Waals surface area contributed by atoms with Gasteiger partial charge in [0.2, 0.25) is 11.8 Å². The molecular formula is C13H20ClN+. The summed E-state index contributed by atoms with van der Waals surface area (Å²) in [6.07, 6.45) is 5.08. The van der Waals surface area contributed by atoms with E-state index in [0.717, 1.165) is 13.1 Å². The van der Waals surface area contributed by atoms with Crippen molar-refractivity contribution in [2.75, 3.05) is 6.54 Å². The third-order valence-electron chi connectivity index (χ3n) is 2.45. The van der Waals surface area contributed by atoms with Gasteiger partial charge in [0.25, 0.3) is 0 Å². The zero-order valence-corrected chi connectivity index (χ0v) is 10.2. The second kappa shape index (κ2) is 7.72. The first-order valence-electron chi connectivity index (χ1n) is 5.77. The van der Waals surface area contributed by atoms with E-state index < -0.39 is 0 Å². The van der Waals surface area contributed by atoms with E-state index in [1.807, 2.05) is 10.5 Å². The van der Waals surface area contributed by atoms with Gasteiger partial charge in [0.05, 0.1) is 0 Å². The molecule has 0 aromatic heterocycles. The van der Waals surface area contributed by atoms with Gasteiger partial charge in [-0.15, -0.1) is 0 Å². The predicted octanol–water partition coefficient (Wildman–Crippen LogP) is 4.06. The van der Waals surface area contributed by atoms with Crippen LogP contribution in [-0.4, -0.2) is 6.54 Å². The summed E-state index contributed by atoms with van der Waals surface area (Å²) in [6, 6.07) is 10.4. The fraction of sp³-hybridized carbons (Fsp3) is 0.538. The van der Waals surface area contributed by atoms with E-state index >= 15 is 0 Å². The van der Waals surface area contributed by atoms with Crippen LogP contribution in [0.2, 0.25) is 0 Å². The molecule has 83 valence electrons. The molecule has 0 fully saturated rings. The minimum absolute atomic E-state index is 0.842. The van der Waals surface area contributed by atoms with E-state index in [4.69, 9.17) is 11.8 Å². The summed E-state index contributed by atoms with van der Waals surface area (Å²) < 4.78 is 1.88. The van der Waals surface area contributed by atoms with Crippen LogP contribution in [0.1, 0.15) is 38.2 Å². The highest BCUT2D eigenvalue weighted by molar-refractivity contribution is 6.15. The highest BCUT2D eigenvalue weighted by atomic mass is 35.5. The molecule has 2 heteroatoms. The number of halogens is 1. The Morgan fingerprint density at radius 1 is 1.07 bits per heavy atom. The van der Waals surface area contributed by atoms with E-state index in [0.29, 0.717) is 0 Å². The lowest BCUT2D eigenvalue weighted by atomic mass is 10.2. The number of hydrogen-bond acceptors (Lipinski definition) is 1. The molecule has 0 aliphatic rings. The molecule has 0 saturated heterocycles. The number of hydrogen-bond donors (Lipinski definition) is 0. The van der Waals surface area contributed by atoms with Crippen molar-refractivity contribution in [1.29, 1.82) is 0 Å². The second-order valence-corrected chi connectivity index (χ2v) is 4.37. The van der Waals surface area contributed by atoms with Crippen LogP contribution in [0, 0.1) is 0 Å². The molecule has 0 saturated carbocycles. The average molecular weight is 226 g/mol. The summed E-state index contributed by atoms with van der Waals surface area (Å²) in [5, 5.41) is 0. The van der Waals surface area contributed by atoms with Crippen LogP contribution in [0.3, 0.4) is 0 Å². The Bertz CT molecular complexity index is 248. The molecule has 1 radical (unpaired) electrons. The molecule has 0 heterocycles. The number of rotatable bonds is 7. The molecule has 0 unspecified atom stereocenters.